The molecule has 0 atom stereocenters. The molecule has 2 aliphatic rings. The summed E-state index contributed by atoms with van der Waals surface area (Å²) in [5, 5.41) is 9.26. The lowest BCUT2D eigenvalue weighted by Crippen LogP contribution is -2.52. The molecule has 144 valence electrons. The number of methoxy groups -OCH3 is 1. The SMILES string of the molecule is COC1CN(c2ncc(C3CCN(c4cccc(CO)c4F)CC3)cn2)C1. The van der Waals surface area contributed by atoms with Crippen molar-refractivity contribution >= 4 is 11.6 Å². The molecule has 0 unspecified atom stereocenters. The molecule has 2 saturated heterocycles. The van der Waals surface area contributed by atoms with E-state index in [1.807, 2.05) is 12.4 Å². The van der Waals surface area contributed by atoms with E-state index >= 15 is 0 Å². The normalized spacial score (nSPS) is 18.6. The molecule has 0 saturated carbocycles. The van der Waals surface area contributed by atoms with Crippen molar-refractivity contribution in [1.29, 1.82) is 0 Å². The van der Waals surface area contributed by atoms with E-state index in [4.69, 9.17) is 4.74 Å². The number of rotatable bonds is 5. The average Bonchev–Trinajstić information content (AvgIpc) is 2.68. The first-order valence-corrected chi connectivity index (χ1v) is 9.42. The fourth-order valence-electron chi connectivity index (χ4n) is 3.84. The number of hydrogen-bond acceptors (Lipinski definition) is 6. The summed E-state index contributed by atoms with van der Waals surface area (Å²) < 4.78 is 19.7. The summed E-state index contributed by atoms with van der Waals surface area (Å²) in [6, 6.07) is 5.21. The first kappa shape index (κ1) is 18.1. The van der Waals surface area contributed by atoms with E-state index < -0.39 is 0 Å². The minimum Gasteiger partial charge on any atom is -0.392 e. The van der Waals surface area contributed by atoms with Gasteiger partial charge >= 0.3 is 0 Å². The Morgan fingerprint density at radius 2 is 1.85 bits per heavy atom. The van der Waals surface area contributed by atoms with Crippen LogP contribution in [0.15, 0.2) is 30.6 Å². The van der Waals surface area contributed by atoms with E-state index in [9.17, 15) is 9.50 Å². The molecule has 0 bridgehead atoms. The van der Waals surface area contributed by atoms with Gasteiger partial charge in [0.1, 0.15) is 0 Å². The van der Waals surface area contributed by atoms with Gasteiger partial charge in [-0.05, 0) is 30.4 Å². The largest absolute Gasteiger partial charge is 0.392 e. The molecule has 27 heavy (non-hydrogen) atoms. The molecule has 2 aromatic rings. The Labute approximate surface area is 158 Å². The highest BCUT2D eigenvalue weighted by Gasteiger charge is 2.29. The number of aliphatic hydroxyl groups is 1. The van der Waals surface area contributed by atoms with Crippen LogP contribution in [0, 0.1) is 5.82 Å². The molecule has 2 fully saturated rings. The van der Waals surface area contributed by atoms with Gasteiger partial charge in [0.05, 0.1) is 18.4 Å². The number of halogens is 1. The predicted molar refractivity (Wildman–Crippen MR) is 102 cm³/mol. The molecule has 0 amide bonds. The number of nitrogens with zero attached hydrogens (tertiary/aromatic N) is 4. The summed E-state index contributed by atoms with van der Waals surface area (Å²) in [5.41, 5.74) is 2.07. The van der Waals surface area contributed by atoms with Crippen molar-refractivity contribution in [3.05, 3.63) is 47.5 Å². The first-order valence-electron chi connectivity index (χ1n) is 9.42. The minimum absolute atomic E-state index is 0.276. The second-order valence-electron chi connectivity index (χ2n) is 7.25. The maximum absolute atomic E-state index is 14.5. The van der Waals surface area contributed by atoms with Gasteiger partial charge in [-0.3, -0.25) is 0 Å². The number of aliphatic hydroxyl groups excluding tert-OH is 1. The molecule has 4 rings (SSSR count). The number of hydrogen-bond donors (Lipinski definition) is 1. The molecule has 6 nitrogen and oxygen atoms in total. The summed E-state index contributed by atoms with van der Waals surface area (Å²) in [6.45, 7) is 2.96. The standard InChI is InChI=1S/C20H25FN4O2/c1-27-17-11-25(12-17)20-22-9-16(10-23-20)14-5-7-24(8-6-14)18-4-2-3-15(13-26)19(18)21/h2-4,9-10,14,17,26H,5-8,11-13H2,1H3. The van der Waals surface area contributed by atoms with Gasteiger partial charge in [0, 0.05) is 51.2 Å². The van der Waals surface area contributed by atoms with Crippen LogP contribution in [0.4, 0.5) is 16.0 Å². The van der Waals surface area contributed by atoms with E-state index in [1.54, 1.807) is 25.3 Å². The average molecular weight is 372 g/mol. The van der Waals surface area contributed by atoms with Crippen LogP contribution >= 0.6 is 0 Å². The molecular weight excluding hydrogens is 347 g/mol. The summed E-state index contributed by atoms with van der Waals surface area (Å²) in [5.74, 6) is 0.838. The van der Waals surface area contributed by atoms with Crippen LogP contribution in [0.2, 0.25) is 0 Å². The first-order chi connectivity index (χ1) is 13.2. The van der Waals surface area contributed by atoms with E-state index in [0.717, 1.165) is 50.5 Å². The zero-order valence-corrected chi connectivity index (χ0v) is 15.5. The van der Waals surface area contributed by atoms with E-state index in [0.29, 0.717) is 17.2 Å². The Balaban J connectivity index is 1.37. The van der Waals surface area contributed by atoms with Gasteiger partial charge in [0.25, 0.3) is 0 Å². The van der Waals surface area contributed by atoms with Crippen molar-refractivity contribution in [3.8, 4) is 0 Å². The molecule has 7 heteroatoms. The Hall–Kier alpha value is -2.25. The van der Waals surface area contributed by atoms with Gasteiger partial charge in [0.2, 0.25) is 5.95 Å². The highest BCUT2D eigenvalue weighted by molar-refractivity contribution is 5.51. The summed E-state index contributed by atoms with van der Waals surface area (Å²) in [6.07, 6.45) is 6.00. The van der Waals surface area contributed by atoms with Crippen molar-refractivity contribution in [2.45, 2.75) is 31.5 Å². The second kappa shape index (κ2) is 7.78. The second-order valence-corrected chi connectivity index (χ2v) is 7.25. The third-order valence-corrected chi connectivity index (χ3v) is 5.66. The molecule has 0 spiro atoms. The van der Waals surface area contributed by atoms with Crippen LogP contribution in [0.5, 0.6) is 0 Å². The van der Waals surface area contributed by atoms with Gasteiger partial charge in [-0.15, -0.1) is 0 Å². The third kappa shape index (κ3) is 3.61. The molecular formula is C20H25FN4O2. The fourth-order valence-corrected chi connectivity index (χ4v) is 3.84. The molecule has 1 aromatic carbocycles. The van der Waals surface area contributed by atoms with E-state index in [-0.39, 0.29) is 18.5 Å². The van der Waals surface area contributed by atoms with Crippen LogP contribution < -0.4 is 9.80 Å². The Kier molecular flexibility index (Phi) is 5.22. The van der Waals surface area contributed by atoms with Crippen LogP contribution in [0.1, 0.15) is 29.9 Å². The van der Waals surface area contributed by atoms with Gasteiger partial charge in [-0.1, -0.05) is 12.1 Å². The van der Waals surface area contributed by atoms with Crippen molar-refractivity contribution in [3.63, 3.8) is 0 Å². The summed E-state index contributed by atoms with van der Waals surface area (Å²) >= 11 is 0. The van der Waals surface area contributed by atoms with Gasteiger partial charge < -0.3 is 19.6 Å². The molecule has 1 N–H and O–H groups in total. The van der Waals surface area contributed by atoms with Crippen molar-refractivity contribution in [2.24, 2.45) is 0 Å². The van der Waals surface area contributed by atoms with Gasteiger partial charge in [-0.25, -0.2) is 14.4 Å². The Morgan fingerprint density at radius 3 is 2.48 bits per heavy atom. The highest BCUT2D eigenvalue weighted by atomic mass is 19.1. The van der Waals surface area contributed by atoms with Gasteiger partial charge in [0.15, 0.2) is 5.82 Å². The zero-order valence-electron chi connectivity index (χ0n) is 15.5. The number of aromatic nitrogens is 2. The maximum Gasteiger partial charge on any atom is 0.225 e. The third-order valence-electron chi connectivity index (χ3n) is 5.66. The number of benzene rings is 1. The Morgan fingerprint density at radius 1 is 1.15 bits per heavy atom. The lowest BCUT2D eigenvalue weighted by atomic mass is 9.91. The summed E-state index contributed by atoms with van der Waals surface area (Å²) in [4.78, 5) is 13.2. The van der Waals surface area contributed by atoms with Crippen molar-refractivity contribution in [1.82, 2.24) is 9.97 Å². The summed E-state index contributed by atoms with van der Waals surface area (Å²) in [7, 11) is 1.73. The number of anilines is 2. The van der Waals surface area contributed by atoms with Crippen LogP contribution in [0.3, 0.4) is 0 Å². The lowest BCUT2D eigenvalue weighted by molar-refractivity contribution is 0.0778. The number of ether oxygens (including phenoxy) is 1. The minimum atomic E-state index is -0.310. The van der Waals surface area contributed by atoms with Crippen LogP contribution in [-0.2, 0) is 11.3 Å². The van der Waals surface area contributed by atoms with E-state index in [2.05, 4.69) is 19.8 Å². The van der Waals surface area contributed by atoms with E-state index in [1.165, 1.54) is 0 Å². The monoisotopic (exact) mass is 372 g/mol. The predicted octanol–water partition coefficient (Wildman–Crippen LogP) is 2.33. The topological polar surface area (TPSA) is 61.7 Å². The molecule has 1 aromatic heterocycles. The zero-order chi connectivity index (χ0) is 18.8. The van der Waals surface area contributed by atoms with Crippen molar-refractivity contribution < 1.29 is 14.2 Å². The fraction of sp³-hybridized carbons (Fsp3) is 0.500. The molecule has 2 aliphatic heterocycles. The molecule has 3 heterocycles. The lowest BCUT2D eigenvalue weighted by Gasteiger charge is -2.38. The van der Waals surface area contributed by atoms with Crippen LogP contribution in [-0.4, -0.2) is 54.5 Å². The smallest absolute Gasteiger partial charge is 0.225 e. The maximum atomic E-state index is 14.5. The molecule has 0 aliphatic carbocycles. The quantitative estimate of drug-likeness (QED) is 0.869. The highest BCUT2D eigenvalue weighted by Crippen LogP contribution is 2.32. The van der Waals surface area contributed by atoms with Crippen LogP contribution in [0.25, 0.3) is 0 Å². The molecule has 0 radical (unpaired) electrons. The van der Waals surface area contributed by atoms with Crippen molar-refractivity contribution in [2.75, 3.05) is 43.1 Å². The van der Waals surface area contributed by atoms with Gasteiger partial charge in [-0.2, -0.15) is 0 Å². The number of piperidine rings is 1. The Bertz CT molecular complexity index is 772.